The average Bonchev–Trinajstić information content (AvgIpc) is 3.25. The van der Waals surface area contributed by atoms with Crippen molar-refractivity contribution < 1.29 is 71.6 Å². The van der Waals surface area contributed by atoms with Gasteiger partial charge in [0.1, 0.15) is 13.1 Å². The van der Waals surface area contributed by atoms with Crippen molar-refractivity contribution >= 4 is 36.3 Å². The fourth-order valence-corrected chi connectivity index (χ4v) is 4.64. The minimum atomic E-state index is -1.00. The summed E-state index contributed by atoms with van der Waals surface area (Å²) in [5.41, 5.74) is 0. The number of unbranched alkanes of at least 4 members (excludes halogenated alkanes) is 20. The molecule has 2 radical (unpaired) electrons. The van der Waals surface area contributed by atoms with Crippen molar-refractivity contribution in [2.75, 3.05) is 20.2 Å². The summed E-state index contributed by atoms with van der Waals surface area (Å²) in [6.45, 7) is 22.6. The Kier molecular flexibility index (Phi) is 98.9. The number of rotatable bonds is 34. The predicted octanol–water partition coefficient (Wildman–Crippen LogP) is 12.9. The maximum atomic E-state index is 11.4. The van der Waals surface area contributed by atoms with E-state index in [0.717, 1.165) is 122 Å². The molecule has 0 saturated heterocycles. The van der Waals surface area contributed by atoms with Crippen LogP contribution in [0.15, 0.2) is 24.3 Å². The van der Waals surface area contributed by atoms with Crippen LogP contribution in [0.4, 0.5) is 0 Å². The van der Waals surface area contributed by atoms with Gasteiger partial charge in [-0.25, -0.2) is 0 Å². The van der Waals surface area contributed by atoms with Crippen molar-refractivity contribution in [3.8, 4) is 0 Å². The minimum Gasteiger partial charge on any atom is -0.542 e. The van der Waals surface area contributed by atoms with Crippen LogP contribution < -0.4 is 10.6 Å². The first kappa shape index (κ1) is 77.9. The van der Waals surface area contributed by atoms with Gasteiger partial charge in [-0.3, -0.25) is 31.8 Å². The maximum Gasteiger partial charge on any atom is 3.00 e. The molecule has 0 fully saturated rings. The molecule has 3 N–H and O–H groups in total. The Morgan fingerprint density at radius 2 is 0.825 bits per heavy atom. The predicted molar refractivity (Wildman–Crippen MR) is 258 cm³/mol. The Morgan fingerprint density at radius 1 is 0.508 bits per heavy atom. The van der Waals surface area contributed by atoms with E-state index in [4.69, 9.17) is 5.11 Å². The maximum absolute atomic E-state index is 11.4. The third-order valence-electron chi connectivity index (χ3n) is 7.98. The van der Waals surface area contributed by atoms with E-state index in [1.54, 1.807) is 0 Å². The fourth-order valence-electron chi connectivity index (χ4n) is 4.64. The number of esters is 1. The third kappa shape index (κ3) is 104. The SMILES string of the molecule is CCCCCC[C-]=O.CCCCCC[C-]=O.[CH2-]CC.[CH2-]CC.[CH2-]CCC/C=C\CCCCCCC(=O)NCC(=O)O.[CH2-]CCC/C=C\CCCCCCC(=O)NCC(=O)OC.[Ni+3].[Ni+3]. The van der Waals surface area contributed by atoms with Gasteiger partial charge < -0.3 is 57.8 Å². The Balaban J connectivity index is -0.000000107. The summed E-state index contributed by atoms with van der Waals surface area (Å²) in [7, 11) is 1.31. The molecular formula is C51H94N2Ni2O8. The van der Waals surface area contributed by atoms with Crippen molar-refractivity contribution in [3.05, 3.63) is 52.0 Å². The molecule has 0 spiro atoms. The molecule has 12 heteroatoms. The van der Waals surface area contributed by atoms with Crippen molar-refractivity contribution in [2.24, 2.45) is 0 Å². The van der Waals surface area contributed by atoms with E-state index in [1.165, 1.54) is 52.1 Å². The number of hydrogen-bond donors (Lipinski definition) is 3. The molecule has 0 rings (SSSR count). The van der Waals surface area contributed by atoms with E-state index in [-0.39, 0.29) is 57.9 Å². The molecule has 0 aliphatic carbocycles. The first-order valence-electron chi connectivity index (χ1n) is 23.5. The topological polar surface area (TPSA) is 156 Å². The summed E-state index contributed by atoms with van der Waals surface area (Å²) in [5.74, 6) is -1.66. The van der Waals surface area contributed by atoms with E-state index in [9.17, 15) is 28.8 Å². The fraction of sp³-hybridized carbons (Fsp3) is 0.725. The number of allylic oxidation sites excluding steroid dienone is 4. The zero-order valence-electron chi connectivity index (χ0n) is 40.7. The van der Waals surface area contributed by atoms with Gasteiger partial charge in [-0.2, -0.15) is 38.5 Å². The number of carbonyl (C=O) groups excluding carboxylic acids is 5. The molecular weight excluding hydrogens is 886 g/mol. The number of hydrogen-bond acceptors (Lipinski definition) is 7. The van der Waals surface area contributed by atoms with Gasteiger partial charge in [-0.05, 0) is 51.4 Å². The zero-order chi connectivity index (χ0) is 47.3. The van der Waals surface area contributed by atoms with E-state index >= 15 is 0 Å². The quantitative estimate of drug-likeness (QED) is 0.0189. The van der Waals surface area contributed by atoms with Gasteiger partial charge in [-0.15, -0.1) is 0 Å². The number of ether oxygens (including phenoxy) is 1. The van der Waals surface area contributed by atoms with Crippen LogP contribution in [0.5, 0.6) is 0 Å². The summed E-state index contributed by atoms with van der Waals surface area (Å²) in [4.78, 5) is 62.9. The number of carboxylic acids is 1. The molecule has 0 saturated carbocycles. The summed E-state index contributed by atoms with van der Waals surface area (Å²) >= 11 is 0. The molecule has 63 heavy (non-hydrogen) atoms. The van der Waals surface area contributed by atoms with Gasteiger partial charge in [0, 0.05) is 12.8 Å². The second-order valence-electron chi connectivity index (χ2n) is 14.3. The molecule has 0 unspecified atom stereocenters. The molecule has 0 aromatic carbocycles. The third-order valence-corrected chi connectivity index (χ3v) is 7.98. The van der Waals surface area contributed by atoms with Crippen molar-refractivity contribution in [3.63, 3.8) is 0 Å². The van der Waals surface area contributed by atoms with Crippen LogP contribution in [-0.2, 0) is 66.5 Å². The van der Waals surface area contributed by atoms with Gasteiger partial charge in [-0.1, -0.05) is 142 Å². The molecule has 0 aromatic rings. The van der Waals surface area contributed by atoms with E-state index in [2.05, 4.69) is 81.2 Å². The van der Waals surface area contributed by atoms with Crippen LogP contribution in [-0.4, -0.2) is 61.6 Å². The number of amides is 2. The van der Waals surface area contributed by atoms with Gasteiger partial charge in [0.25, 0.3) is 0 Å². The van der Waals surface area contributed by atoms with Crippen molar-refractivity contribution in [1.82, 2.24) is 10.6 Å². The summed E-state index contributed by atoms with van der Waals surface area (Å²) in [6, 6.07) is 0. The second kappa shape index (κ2) is 80.0. The van der Waals surface area contributed by atoms with Gasteiger partial charge in [0.2, 0.25) is 11.8 Å². The number of methoxy groups -OCH3 is 1. The summed E-state index contributed by atoms with van der Waals surface area (Å²) in [6.07, 6.45) is 43.3. The smallest absolute Gasteiger partial charge is 0.542 e. The van der Waals surface area contributed by atoms with E-state index in [0.29, 0.717) is 25.7 Å². The number of nitrogens with one attached hydrogen (secondary N) is 2. The van der Waals surface area contributed by atoms with Crippen LogP contribution in [0.3, 0.4) is 0 Å². The average molecular weight is 981 g/mol. The van der Waals surface area contributed by atoms with Crippen LogP contribution in [0.2, 0.25) is 0 Å². The first-order valence-corrected chi connectivity index (χ1v) is 23.5. The van der Waals surface area contributed by atoms with Crippen LogP contribution >= 0.6 is 0 Å². The van der Waals surface area contributed by atoms with Crippen LogP contribution in [0.25, 0.3) is 0 Å². The van der Waals surface area contributed by atoms with Crippen molar-refractivity contribution in [2.45, 2.75) is 220 Å². The number of carbonyl (C=O) groups is 4. The summed E-state index contributed by atoms with van der Waals surface area (Å²) < 4.78 is 4.44. The standard InChI is InChI=1S/C16H28NO3.C15H26NO3.2C7H13O.2C3H7.2Ni/c1-3-4-5-6-7-8-9-10-11-12-13-15(18)17-14-16(19)20-2;1-2-3-4-5-6-7-8-9-10-11-12-14(17)16-13-15(18)19;2*1-2-3-4-5-6-7-8;2*1-3-2;;/h6-7H,1,3-5,8-14H2,2H3,(H,17,18);5-6H,1-4,7-13H2,(H,16,17)(H,18,19);2*2-6H2,1H3;2*1,3H2,2H3;;/q6*-1;2*+3/b7-6-;6-5-;;;;;;. The molecule has 10 nitrogen and oxygen atoms in total. The Hall–Kier alpha value is -2.31. The molecule has 0 aliphatic heterocycles. The normalized spacial score (nSPS) is 9.54. The molecule has 0 atom stereocenters. The Bertz CT molecular complexity index is 948. The molecule has 0 aromatic heterocycles. The van der Waals surface area contributed by atoms with Crippen LogP contribution in [0.1, 0.15) is 220 Å². The van der Waals surface area contributed by atoms with Crippen molar-refractivity contribution in [1.29, 1.82) is 0 Å². The van der Waals surface area contributed by atoms with E-state index in [1.807, 2.05) is 26.4 Å². The number of carboxylic acid groups (broad SMARTS) is 1. The van der Waals surface area contributed by atoms with Gasteiger partial charge in [0.05, 0.1) is 7.11 Å². The Labute approximate surface area is 409 Å². The summed E-state index contributed by atoms with van der Waals surface area (Å²) in [5, 5.41) is 13.3. The van der Waals surface area contributed by atoms with Crippen LogP contribution in [0, 0.1) is 27.7 Å². The van der Waals surface area contributed by atoms with Gasteiger partial charge in [0.15, 0.2) is 0 Å². The number of aliphatic carboxylic acids is 1. The molecule has 376 valence electrons. The molecule has 2 amide bonds. The largest absolute Gasteiger partial charge is 3.00 e. The molecule has 0 heterocycles. The molecule has 0 aliphatic rings. The minimum absolute atomic E-state index is 0. The zero-order valence-corrected chi connectivity index (χ0v) is 42.7. The Morgan fingerprint density at radius 3 is 1.13 bits per heavy atom. The molecule has 0 bridgehead atoms. The monoisotopic (exact) mass is 979 g/mol. The van der Waals surface area contributed by atoms with E-state index < -0.39 is 11.9 Å². The second-order valence-corrected chi connectivity index (χ2v) is 14.3. The van der Waals surface area contributed by atoms with Gasteiger partial charge >= 0.3 is 44.9 Å². The first-order chi connectivity index (χ1) is 29.5.